The molecule has 1 saturated heterocycles. The zero-order chi connectivity index (χ0) is 28.5. The highest BCUT2D eigenvalue weighted by Crippen LogP contribution is 2.26. The predicted molar refractivity (Wildman–Crippen MR) is 164 cm³/mol. The molecule has 1 N–H and O–H groups in total. The molecular formula is C32H48N6O2. The highest BCUT2D eigenvalue weighted by atomic mass is 16.5. The van der Waals surface area contributed by atoms with E-state index in [1.807, 2.05) is 35.2 Å². The fourth-order valence-corrected chi connectivity index (χ4v) is 5.21. The molecule has 1 fully saturated rings. The summed E-state index contributed by atoms with van der Waals surface area (Å²) in [6.45, 7) is 14.6. The van der Waals surface area contributed by atoms with E-state index in [0.717, 1.165) is 73.9 Å². The Balaban J connectivity index is 1.61. The van der Waals surface area contributed by atoms with Crippen molar-refractivity contribution in [2.24, 2.45) is 11.8 Å². The molecule has 1 amide bonds. The van der Waals surface area contributed by atoms with Crippen molar-refractivity contribution in [3.8, 4) is 5.75 Å². The average molecular weight is 549 g/mol. The number of aryl methyl sites for hydroxylation is 1. The van der Waals surface area contributed by atoms with Crippen LogP contribution in [0, 0.1) is 11.8 Å². The minimum Gasteiger partial charge on any atom is -0.497 e. The number of piperidine rings is 1. The number of imidazole rings is 1. The van der Waals surface area contributed by atoms with E-state index >= 15 is 0 Å². The molecule has 0 spiro atoms. The van der Waals surface area contributed by atoms with Gasteiger partial charge in [0, 0.05) is 25.3 Å². The molecule has 3 aromatic rings. The molecule has 1 aliphatic heterocycles. The zero-order valence-corrected chi connectivity index (χ0v) is 25.2. The second-order valence-corrected chi connectivity index (χ2v) is 11.9. The lowest BCUT2D eigenvalue weighted by Gasteiger charge is -2.26. The number of nitrogens with one attached hydrogen (secondary N) is 1. The molecule has 0 radical (unpaired) electrons. The third-order valence-corrected chi connectivity index (χ3v) is 7.74. The molecule has 2 aromatic heterocycles. The number of hydrogen-bond acceptors (Lipinski definition) is 6. The van der Waals surface area contributed by atoms with E-state index in [1.54, 1.807) is 13.3 Å². The zero-order valence-electron chi connectivity index (χ0n) is 25.2. The standard InChI is InChI=1S/C32H48N6O2/c1-24(2)14-20-37(21-15-25(3)4)31(39)28-22-30-29(23-33-28)35-32(34-26-10-12-27(40-5)13-11-26)38(30)19-9-18-36-16-7-6-8-17-36/h10-13,22-25H,6-9,14-21H2,1-5H3,(H,34,35). The predicted octanol–water partition coefficient (Wildman–Crippen LogP) is 6.59. The van der Waals surface area contributed by atoms with Crippen LogP contribution in [-0.2, 0) is 6.54 Å². The summed E-state index contributed by atoms with van der Waals surface area (Å²) in [6.07, 6.45) is 8.66. The molecule has 4 rings (SSSR count). The van der Waals surface area contributed by atoms with Crippen LogP contribution in [-0.4, -0.2) is 70.1 Å². The van der Waals surface area contributed by atoms with Gasteiger partial charge in [0.25, 0.3) is 5.91 Å². The summed E-state index contributed by atoms with van der Waals surface area (Å²) in [5, 5.41) is 3.50. The number of pyridine rings is 1. The van der Waals surface area contributed by atoms with Crippen LogP contribution in [0.3, 0.4) is 0 Å². The first-order chi connectivity index (χ1) is 19.3. The Morgan fingerprint density at radius 1 is 1.00 bits per heavy atom. The van der Waals surface area contributed by atoms with Crippen LogP contribution in [0.5, 0.6) is 5.75 Å². The van der Waals surface area contributed by atoms with E-state index in [9.17, 15) is 4.79 Å². The van der Waals surface area contributed by atoms with Gasteiger partial charge in [0.1, 0.15) is 17.0 Å². The van der Waals surface area contributed by atoms with Crippen molar-refractivity contribution in [1.29, 1.82) is 0 Å². The minimum atomic E-state index is 0.00827. The summed E-state index contributed by atoms with van der Waals surface area (Å²) in [5.41, 5.74) is 3.17. The fraction of sp³-hybridized carbons (Fsp3) is 0.594. The molecule has 0 aliphatic carbocycles. The lowest BCUT2D eigenvalue weighted by atomic mass is 10.1. The highest BCUT2D eigenvalue weighted by Gasteiger charge is 2.21. The van der Waals surface area contributed by atoms with Gasteiger partial charge in [0.15, 0.2) is 0 Å². The van der Waals surface area contributed by atoms with Crippen molar-refractivity contribution in [3.63, 3.8) is 0 Å². The van der Waals surface area contributed by atoms with E-state index in [1.165, 1.54) is 32.4 Å². The number of benzene rings is 1. The third-order valence-electron chi connectivity index (χ3n) is 7.74. The number of likely N-dealkylation sites (tertiary alicyclic amines) is 1. The van der Waals surface area contributed by atoms with E-state index in [0.29, 0.717) is 17.5 Å². The Bertz CT molecular complexity index is 1200. The maximum atomic E-state index is 13.7. The summed E-state index contributed by atoms with van der Waals surface area (Å²) in [4.78, 5) is 27.8. The first-order valence-electron chi connectivity index (χ1n) is 15.1. The summed E-state index contributed by atoms with van der Waals surface area (Å²) >= 11 is 0. The number of amides is 1. The molecule has 218 valence electrons. The third kappa shape index (κ3) is 8.19. The Labute approximate surface area is 240 Å². The Kier molecular flexibility index (Phi) is 10.8. The molecule has 0 bridgehead atoms. The lowest BCUT2D eigenvalue weighted by molar-refractivity contribution is 0.0735. The number of fused-ring (bicyclic) bond motifs is 1. The van der Waals surface area contributed by atoms with Crippen LogP contribution in [0.15, 0.2) is 36.5 Å². The van der Waals surface area contributed by atoms with Crippen LogP contribution in [0.2, 0.25) is 0 Å². The van der Waals surface area contributed by atoms with Crippen LogP contribution < -0.4 is 10.1 Å². The summed E-state index contributed by atoms with van der Waals surface area (Å²) in [7, 11) is 1.67. The lowest BCUT2D eigenvalue weighted by Crippen LogP contribution is -2.34. The largest absolute Gasteiger partial charge is 0.497 e. The van der Waals surface area contributed by atoms with Gasteiger partial charge in [-0.3, -0.25) is 4.79 Å². The number of rotatable bonds is 14. The van der Waals surface area contributed by atoms with Crippen LogP contribution in [0.4, 0.5) is 11.6 Å². The summed E-state index contributed by atoms with van der Waals surface area (Å²) in [6, 6.07) is 9.80. The fourth-order valence-electron chi connectivity index (χ4n) is 5.21. The molecule has 1 aromatic carbocycles. The van der Waals surface area contributed by atoms with Gasteiger partial charge in [-0.1, -0.05) is 34.1 Å². The number of hydrogen-bond donors (Lipinski definition) is 1. The number of methoxy groups -OCH3 is 1. The molecular weight excluding hydrogens is 500 g/mol. The minimum absolute atomic E-state index is 0.00827. The van der Waals surface area contributed by atoms with Gasteiger partial charge in [-0.05, 0) is 93.9 Å². The normalized spacial score (nSPS) is 14.3. The number of aromatic nitrogens is 3. The van der Waals surface area contributed by atoms with Crippen molar-refractivity contribution in [2.45, 2.75) is 72.8 Å². The molecule has 0 atom stereocenters. The number of carbonyl (C=O) groups excluding carboxylic acids is 1. The van der Waals surface area contributed by atoms with E-state index in [2.05, 4.69) is 47.5 Å². The van der Waals surface area contributed by atoms with Crippen molar-refractivity contribution in [2.75, 3.05) is 45.2 Å². The van der Waals surface area contributed by atoms with Crippen molar-refractivity contribution < 1.29 is 9.53 Å². The highest BCUT2D eigenvalue weighted by molar-refractivity contribution is 5.95. The number of carbonyl (C=O) groups is 1. The first kappa shape index (κ1) is 29.8. The number of ether oxygens (including phenoxy) is 1. The quantitative estimate of drug-likeness (QED) is 0.245. The van der Waals surface area contributed by atoms with Gasteiger partial charge >= 0.3 is 0 Å². The van der Waals surface area contributed by atoms with Crippen molar-refractivity contribution >= 4 is 28.6 Å². The molecule has 1 aliphatic rings. The second kappa shape index (κ2) is 14.5. The summed E-state index contributed by atoms with van der Waals surface area (Å²) in [5.74, 6) is 2.67. The van der Waals surface area contributed by atoms with Crippen LogP contribution in [0.1, 0.15) is 76.7 Å². The Morgan fingerprint density at radius 3 is 2.30 bits per heavy atom. The van der Waals surface area contributed by atoms with Gasteiger partial charge in [-0.2, -0.15) is 0 Å². The van der Waals surface area contributed by atoms with Crippen molar-refractivity contribution in [3.05, 3.63) is 42.2 Å². The van der Waals surface area contributed by atoms with Gasteiger partial charge in [-0.25, -0.2) is 9.97 Å². The monoisotopic (exact) mass is 548 g/mol. The van der Waals surface area contributed by atoms with Gasteiger partial charge in [0.05, 0.1) is 18.8 Å². The molecule has 3 heterocycles. The smallest absolute Gasteiger partial charge is 0.272 e. The van der Waals surface area contributed by atoms with Crippen molar-refractivity contribution in [1.82, 2.24) is 24.3 Å². The second-order valence-electron chi connectivity index (χ2n) is 11.9. The topological polar surface area (TPSA) is 75.5 Å². The van der Waals surface area contributed by atoms with E-state index in [-0.39, 0.29) is 5.91 Å². The van der Waals surface area contributed by atoms with E-state index < -0.39 is 0 Å². The van der Waals surface area contributed by atoms with Crippen LogP contribution in [0.25, 0.3) is 11.0 Å². The first-order valence-corrected chi connectivity index (χ1v) is 15.1. The van der Waals surface area contributed by atoms with E-state index in [4.69, 9.17) is 9.72 Å². The summed E-state index contributed by atoms with van der Waals surface area (Å²) < 4.78 is 7.54. The SMILES string of the molecule is COc1ccc(Nc2nc3cnc(C(=O)N(CCC(C)C)CCC(C)C)cc3n2CCCN2CCCCC2)cc1. The van der Waals surface area contributed by atoms with Gasteiger partial charge < -0.3 is 24.4 Å². The Hall–Kier alpha value is -3.13. The Morgan fingerprint density at radius 2 is 1.68 bits per heavy atom. The van der Waals surface area contributed by atoms with Gasteiger partial charge in [0.2, 0.25) is 5.95 Å². The van der Waals surface area contributed by atoms with Gasteiger partial charge in [-0.15, -0.1) is 0 Å². The maximum absolute atomic E-state index is 13.7. The molecule has 0 saturated carbocycles. The molecule has 40 heavy (non-hydrogen) atoms. The molecule has 8 heteroatoms. The number of anilines is 2. The van der Waals surface area contributed by atoms with Crippen LogP contribution >= 0.6 is 0 Å². The maximum Gasteiger partial charge on any atom is 0.272 e. The number of nitrogens with zero attached hydrogens (tertiary/aromatic N) is 5. The molecule has 8 nitrogen and oxygen atoms in total. The molecule has 0 unspecified atom stereocenters. The average Bonchev–Trinajstić information content (AvgIpc) is 3.29.